The molecule has 0 aliphatic carbocycles. The second-order valence-corrected chi connectivity index (χ2v) is 5.59. The third kappa shape index (κ3) is 3.44. The summed E-state index contributed by atoms with van der Waals surface area (Å²) in [7, 11) is 0. The van der Waals surface area contributed by atoms with E-state index < -0.39 is 0 Å². The zero-order valence-corrected chi connectivity index (χ0v) is 10.7. The van der Waals surface area contributed by atoms with Crippen LogP contribution in [-0.2, 0) is 4.74 Å². The minimum atomic E-state index is -0.275. The Morgan fingerprint density at radius 2 is 2.07 bits per heavy atom. The monoisotopic (exact) mass is 215 g/mol. The van der Waals surface area contributed by atoms with Gasteiger partial charge in [0.05, 0.1) is 18.8 Å². The molecular formula is C12H25NO2. The van der Waals surface area contributed by atoms with Crippen molar-refractivity contribution in [2.75, 3.05) is 19.7 Å². The molecule has 3 unspecified atom stereocenters. The van der Waals surface area contributed by atoms with Crippen LogP contribution in [0.25, 0.3) is 0 Å². The topological polar surface area (TPSA) is 32.7 Å². The summed E-state index contributed by atoms with van der Waals surface area (Å²) in [4.78, 5) is 2.42. The van der Waals surface area contributed by atoms with Crippen LogP contribution in [0.5, 0.6) is 0 Å². The van der Waals surface area contributed by atoms with Gasteiger partial charge in [-0.2, -0.15) is 0 Å². The van der Waals surface area contributed by atoms with E-state index in [0.717, 1.165) is 19.7 Å². The summed E-state index contributed by atoms with van der Waals surface area (Å²) >= 11 is 0. The standard InChI is InChI=1S/C12H25NO2/c1-9-7-15-10(2)6-13(9)8-12(4,5)11(3)14/h9-11,14H,6-8H2,1-5H3. The van der Waals surface area contributed by atoms with Crippen molar-refractivity contribution in [3.63, 3.8) is 0 Å². The van der Waals surface area contributed by atoms with E-state index in [2.05, 4.69) is 32.6 Å². The maximum Gasteiger partial charge on any atom is 0.0674 e. The van der Waals surface area contributed by atoms with E-state index in [-0.39, 0.29) is 11.5 Å². The average Bonchev–Trinajstić information content (AvgIpc) is 2.10. The van der Waals surface area contributed by atoms with Crippen LogP contribution in [-0.4, -0.2) is 48.0 Å². The van der Waals surface area contributed by atoms with E-state index in [0.29, 0.717) is 12.1 Å². The summed E-state index contributed by atoms with van der Waals surface area (Å²) in [6.45, 7) is 13.1. The highest BCUT2D eigenvalue weighted by molar-refractivity contribution is 4.84. The number of morpholine rings is 1. The molecule has 90 valence electrons. The highest BCUT2D eigenvalue weighted by Gasteiger charge is 2.31. The Morgan fingerprint density at radius 3 is 2.60 bits per heavy atom. The second kappa shape index (κ2) is 4.81. The van der Waals surface area contributed by atoms with Gasteiger partial charge in [-0.3, -0.25) is 4.90 Å². The Labute approximate surface area is 93.4 Å². The first-order valence-electron chi connectivity index (χ1n) is 5.86. The largest absolute Gasteiger partial charge is 0.393 e. The fraction of sp³-hybridized carbons (Fsp3) is 1.00. The molecule has 0 amide bonds. The van der Waals surface area contributed by atoms with Gasteiger partial charge in [0.25, 0.3) is 0 Å². The van der Waals surface area contributed by atoms with E-state index in [1.165, 1.54) is 0 Å². The van der Waals surface area contributed by atoms with E-state index in [1.807, 2.05) is 6.92 Å². The SMILES string of the molecule is CC1CN(CC(C)(C)C(C)O)C(C)CO1. The first kappa shape index (κ1) is 12.9. The molecule has 0 aromatic heterocycles. The molecule has 1 fully saturated rings. The quantitative estimate of drug-likeness (QED) is 0.774. The van der Waals surface area contributed by atoms with Gasteiger partial charge in [-0.15, -0.1) is 0 Å². The van der Waals surface area contributed by atoms with Crippen LogP contribution < -0.4 is 0 Å². The molecule has 1 heterocycles. The third-order valence-electron chi connectivity index (χ3n) is 3.48. The first-order chi connectivity index (χ1) is 6.83. The lowest BCUT2D eigenvalue weighted by Gasteiger charge is -2.42. The molecule has 0 aromatic rings. The van der Waals surface area contributed by atoms with Crippen molar-refractivity contribution >= 4 is 0 Å². The van der Waals surface area contributed by atoms with Crippen LogP contribution in [0.3, 0.4) is 0 Å². The van der Waals surface area contributed by atoms with Gasteiger partial charge in [0.1, 0.15) is 0 Å². The zero-order valence-electron chi connectivity index (χ0n) is 10.7. The molecule has 0 bridgehead atoms. The van der Waals surface area contributed by atoms with Gasteiger partial charge in [-0.05, 0) is 20.8 Å². The maximum absolute atomic E-state index is 9.71. The third-order valence-corrected chi connectivity index (χ3v) is 3.48. The second-order valence-electron chi connectivity index (χ2n) is 5.59. The molecule has 0 spiro atoms. The lowest BCUT2D eigenvalue weighted by Crippen LogP contribution is -2.52. The molecule has 3 atom stereocenters. The Morgan fingerprint density at radius 1 is 1.47 bits per heavy atom. The van der Waals surface area contributed by atoms with Crippen LogP contribution in [0.1, 0.15) is 34.6 Å². The van der Waals surface area contributed by atoms with Crippen molar-refractivity contribution in [2.24, 2.45) is 5.41 Å². The molecular weight excluding hydrogens is 190 g/mol. The average molecular weight is 215 g/mol. The molecule has 3 heteroatoms. The van der Waals surface area contributed by atoms with Crippen molar-refractivity contribution in [3.05, 3.63) is 0 Å². The number of hydrogen-bond acceptors (Lipinski definition) is 3. The van der Waals surface area contributed by atoms with Crippen LogP contribution in [0.2, 0.25) is 0 Å². The molecule has 3 nitrogen and oxygen atoms in total. The van der Waals surface area contributed by atoms with Crippen molar-refractivity contribution in [1.82, 2.24) is 4.90 Å². The first-order valence-corrected chi connectivity index (χ1v) is 5.86. The highest BCUT2D eigenvalue weighted by atomic mass is 16.5. The molecule has 1 aliphatic heterocycles. The Bertz CT molecular complexity index is 204. The van der Waals surface area contributed by atoms with Crippen LogP contribution >= 0.6 is 0 Å². The fourth-order valence-electron chi connectivity index (χ4n) is 1.85. The minimum Gasteiger partial charge on any atom is -0.393 e. The number of aliphatic hydroxyl groups excluding tert-OH is 1. The maximum atomic E-state index is 9.71. The van der Waals surface area contributed by atoms with E-state index in [1.54, 1.807) is 0 Å². The number of aliphatic hydroxyl groups is 1. The van der Waals surface area contributed by atoms with Crippen molar-refractivity contribution in [2.45, 2.75) is 52.9 Å². The zero-order chi connectivity index (χ0) is 11.6. The predicted octanol–water partition coefficient (Wildman–Crippen LogP) is 1.50. The van der Waals surface area contributed by atoms with Gasteiger partial charge >= 0.3 is 0 Å². The van der Waals surface area contributed by atoms with Crippen LogP contribution in [0.4, 0.5) is 0 Å². The minimum absolute atomic E-state index is 0.0503. The van der Waals surface area contributed by atoms with E-state index in [4.69, 9.17) is 4.74 Å². The van der Waals surface area contributed by atoms with Crippen LogP contribution in [0.15, 0.2) is 0 Å². The molecule has 1 saturated heterocycles. The number of hydrogen-bond donors (Lipinski definition) is 1. The van der Waals surface area contributed by atoms with Gasteiger partial charge in [-0.1, -0.05) is 13.8 Å². The summed E-state index contributed by atoms with van der Waals surface area (Å²) < 4.78 is 5.59. The summed E-state index contributed by atoms with van der Waals surface area (Å²) in [6, 6.07) is 0.458. The summed E-state index contributed by atoms with van der Waals surface area (Å²) in [5.74, 6) is 0. The van der Waals surface area contributed by atoms with Gasteiger partial charge < -0.3 is 9.84 Å². The lowest BCUT2D eigenvalue weighted by atomic mass is 9.86. The number of ether oxygens (including phenoxy) is 1. The van der Waals surface area contributed by atoms with Gasteiger partial charge in [-0.25, -0.2) is 0 Å². The highest BCUT2D eigenvalue weighted by Crippen LogP contribution is 2.24. The summed E-state index contributed by atoms with van der Waals surface area (Å²) in [5.41, 5.74) is -0.0503. The molecule has 15 heavy (non-hydrogen) atoms. The normalized spacial score (nSPS) is 31.6. The smallest absolute Gasteiger partial charge is 0.0674 e. The van der Waals surface area contributed by atoms with Gasteiger partial charge in [0.15, 0.2) is 0 Å². The Kier molecular flexibility index (Phi) is 4.15. The number of rotatable bonds is 3. The molecule has 1 aliphatic rings. The van der Waals surface area contributed by atoms with E-state index in [9.17, 15) is 5.11 Å². The molecule has 0 radical (unpaired) electrons. The molecule has 1 N–H and O–H groups in total. The Hall–Kier alpha value is -0.120. The van der Waals surface area contributed by atoms with Crippen LogP contribution in [0, 0.1) is 5.41 Å². The predicted molar refractivity (Wildman–Crippen MR) is 61.9 cm³/mol. The van der Waals surface area contributed by atoms with Gasteiger partial charge in [0, 0.05) is 24.5 Å². The van der Waals surface area contributed by atoms with E-state index >= 15 is 0 Å². The number of nitrogens with zero attached hydrogens (tertiary/aromatic N) is 1. The van der Waals surface area contributed by atoms with Crippen molar-refractivity contribution < 1.29 is 9.84 Å². The van der Waals surface area contributed by atoms with Gasteiger partial charge in [0.2, 0.25) is 0 Å². The lowest BCUT2D eigenvalue weighted by molar-refractivity contribution is -0.0724. The Balaban J connectivity index is 2.55. The van der Waals surface area contributed by atoms with Crippen molar-refractivity contribution in [3.8, 4) is 0 Å². The summed E-state index contributed by atoms with van der Waals surface area (Å²) in [6.07, 6.45) is 0.0360. The molecule has 0 aromatic carbocycles. The molecule has 1 rings (SSSR count). The fourth-order valence-corrected chi connectivity index (χ4v) is 1.85. The molecule has 0 saturated carbocycles. The van der Waals surface area contributed by atoms with Crippen molar-refractivity contribution in [1.29, 1.82) is 0 Å². The summed E-state index contributed by atoms with van der Waals surface area (Å²) in [5, 5.41) is 9.71.